The van der Waals surface area contributed by atoms with E-state index in [4.69, 9.17) is 9.47 Å². The van der Waals surface area contributed by atoms with Gasteiger partial charge in [0.25, 0.3) is 0 Å². The molecule has 4 rings (SSSR count). The molecule has 0 bridgehead atoms. The summed E-state index contributed by atoms with van der Waals surface area (Å²) < 4.78 is 12.2. The Morgan fingerprint density at radius 3 is 2.75 bits per heavy atom. The van der Waals surface area contributed by atoms with Gasteiger partial charge in [0.1, 0.15) is 24.1 Å². The lowest BCUT2D eigenvalue weighted by molar-refractivity contribution is -0.0551. The molecular weight excluding hydrogens is 316 g/mol. The Hall–Kier alpha value is -2.26. The number of hydrogen-bond acceptors (Lipinski definition) is 7. The molecule has 2 aliphatic rings. The van der Waals surface area contributed by atoms with Gasteiger partial charge in [-0.25, -0.2) is 4.79 Å². The molecule has 1 fully saturated rings. The van der Waals surface area contributed by atoms with Crippen LogP contribution in [0.2, 0.25) is 0 Å². The number of fused-ring (bicyclic) bond motifs is 2. The van der Waals surface area contributed by atoms with E-state index in [1.807, 2.05) is 18.2 Å². The zero-order valence-electron chi connectivity index (χ0n) is 12.6. The van der Waals surface area contributed by atoms with Crippen LogP contribution in [0.25, 0.3) is 0 Å². The van der Waals surface area contributed by atoms with E-state index in [2.05, 4.69) is 4.98 Å². The minimum Gasteiger partial charge on any atom is -0.438 e. The van der Waals surface area contributed by atoms with Gasteiger partial charge >= 0.3 is 5.69 Å². The summed E-state index contributed by atoms with van der Waals surface area (Å²) in [4.78, 5) is 16.2. The van der Waals surface area contributed by atoms with Crippen molar-refractivity contribution in [2.45, 2.75) is 31.0 Å². The largest absolute Gasteiger partial charge is 0.438 e. The Bertz CT molecular complexity index is 836. The predicted octanol–water partition coefficient (Wildman–Crippen LogP) is -0.449. The van der Waals surface area contributed by atoms with E-state index < -0.39 is 36.8 Å². The molecular formula is C16H16N2O6. The average molecular weight is 332 g/mol. The Morgan fingerprint density at radius 1 is 1.21 bits per heavy atom. The number of hydrogen-bond donors (Lipinski definition) is 3. The van der Waals surface area contributed by atoms with Crippen molar-refractivity contribution in [3.05, 3.63) is 52.1 Å². The summed E-state index contributed by atoms with van der Waals surface area (Å²) in [5, 5.41) is 29.1. The SMILES string of the molecule is O=c1nc2c(cn1[C@@H]1O[C@H](CO)[C@@H](O)[C@H]1O)Cc1ccccc1O2. The fraction of sp³-hybridized carbons (Fsp3) is 0.375. The molecule has 24 heavy (non-hydrogen) atoms. The number of aliphatic hydroxyl groups excluding tert-OH is 3. The van der Waals surface area contributed by atoms with E-state index in [-0.39, 0.29) is 5.88 Å². The first-order valence-electron chi connectivity index (χ1n) is 7.59. The van der Waals surface area contributed by atoms with E-state index in [0.29, 0.717) is 17.7 Å². The molecule has 0 amide bonds. The number of para-hydroxylation sites is 1. The summed E-state index contributed by atoms with van der Waals surface area (Å²) in [5.74, 6) is 0.879. The van der Waals surface area contributed by atoms with E-state index in [1.54, 1.807) is 6.07 Å². The summed E-state index contributed by atoms with van der Waals surface area (Å²) in [6.45, 7) is -0.460. The van der Waals surface area contributed by atoms with Crippen molar-refractivity contribution in [2.24, 2.45) is 0 Å². The first kappa shape index (κ1) is 15.3. The van der Waals surface area contributed by atoms with Gasteiger partial charge in [0.15, 0.2) is 6.23 Å². The summed E-state index contributed by atoms with van der Waals surface area (Å²) in [6.07, 6.45) is -2.64. The molecule has 126 valence electrons. The van der Waals surface area contributed by atoms with Crippen LogP contribution in [0.3, 0.4) is 0 Å². The van der Waals surface area contributed by atoms with Crippen LogP contribution in [0.15, 0.2) is 35.3 Å². The van der Waals surface area contributed by atoms with Gasteiger partial charge in [-0.15, -0.1) is 0 Å². The highest BCUT2D eigenvalue weighted by molar-refractivity contribution is 5.45. The minimum atomic E-state index is -1.34. The van der Waals surface area contributed by atoms with E-state index in [9.17, 15) is 20.1 Å². The lowest BCUT2D eigenvalue weighted by Gasteiger charge is -2.22. The van der Waals surface area contributed by atoms with Crippen LogP contribution in [0.5, 0.6) is 11.6 Å². The summed E-state index contributed by atoms with van der Waals surface area (Å²) in [6, 6.07) is 7.45. The van der Waals surface area contributed by atoms with E-state index in [1.165, 1.54) is 6.20 Å². The second-order valence-corrected chi connectivity index (χ2v) is 5.88. The van der Waals surface area contributed by atoms with Crippen molar-refractivity contribution < 1.29 is 24.8 Å². The quantitative estimate of drug-likeness (QED) is 0.582. The van der Waals surface area contributed by atoms with Crippen LogP contribution in [0, 0.1) is 0 Å². The van der Waals surface area contributed by atoms with Gasteiger partial charge in [-0.2, -0.15) is 4.98 Å². The highest BCUT2D eigenvalue weighted by Crippen LogP contribution is 2.35. The lowest BCUT2D eigenvalue weighted by atomic mass is 10.0. The fourth-order valence-electron chi connectivity index (χ4n) is 3.06. The van der Waals surface area contributed by atoms with Crippen LogP contribution in [0.4, 0.5) is 0 Å². The van der Waals surface area contributed by atoms with Crippen molar-refractivity contribution in [2.75, 3.05) is 6.61 Å². The number of aromatic nitrogens is 2. The minimum absolute atomic E-state index is 0.224. The van der Waals surface area contributed by atoms with Gasteiger partial charge in [0, 0.05) is 18.2 Å². The molecule has 2 aromatic rings. The highest BCUT2D eigenvalue weighted by atomic mass is 16.6. The van der Waals surface area contributed by atoms with Crippen molar-refractivity contribution in [1.82, 2.24) is 9.55 Å². The predicted molar refractivity (Wildman–Crippen MR) is 80.8 cm³/mol. The molecule has 0 aliphatic carbocycles. The third-order valence-corrected chi connectivity index (χ3v) is 4.34. The lowest BCUT2D eigenvalue weighted by Crippen LogP contribution is -2.36. The molecule has 1 aromatic carbocycles. The van der Waals surface area contributed by atoms with Gasteiger partial charge in [-0.05, 0) is 11.6 Å². The molecule has 8 heteroatoms. The molecule has 0 saturated carbocycles. The molecule has 4 atom stereocenters. The molecule has 0 radical (unpaired) electrons. The maximum absolute atomic E-state index is 12.3. The molecule has 0 unspecified atom stereocenters. The number of benzene rings is 1. The van der Waals surface area contributed by atoms with Crippen LogP contribution >= 0.6 is 0 Å². The molecule has 0 spiro atoms. The van der Waals surface area contributed by atoms with Gasteiger partial charge in [0.05, 0.1) is 6.61 Å². The van der Waals surface area contributed by atoms with Crippen molar-refractivity contribution in [1.29, 1.82) is 0 Å². The summed E-state index contributed by atoms with van der Waals surface area (Å²) in [5.41, 5.74) is 0.965. The number of nitrogens with zero attached hydrogens (tertiary/aromatic N) is 2. The monoisotopic (exact) mass is 332 g/mol. The average Bonchev–Trinajstić information content (AvgIpc) is 2.87. The maximum Gasteiger partial charge on any atom is 0.353 e. The maximum atomic E-state index is 12.3. The van der Waals surface area contributed by atoms with E-state index in [0.717, 1.165) is 10.1 Å². The van der Waals surface area contributed by atoms with Crippen LogP contribution in [-0.2, 0) is 11.2 Å². The molecule has 2 aliphatic heterocycles. The smallest absolute Gasteiger partial charge is 0.353 e. The Kier molecular flexibility index (Phi) is 3.61. The van der Waals surface area contributed by atoms with Gasteiger partial charge < -0.3 is 24.8 Å². The number of rotatable bonds is 2. The molecule has 8 nitrogen and oxygen atoms in total. The highest BCUT2D eigenvalue weighted by Gasteiger charge is 2.44. The number of ether oxygens (including phenoxy) is 2. The van der Waals surface area contributed by atoms with Gasteiger partial charge in [-0.1, -0.05) is 18.2 Å². The topological polar surface area (TPSA) is 114 Å². The number of aliphatic hydroxyl groups is 3. The second-order valence-electron chi connectivity index (χ2n) is 5.88. The first-order chi connectivity index (χ1) is 11.6. The summed E-state index contributed by atoms with van der Waals surface area (Å²) in [7, 11) is 0. The molecule has 1 aromatic heterocycles. The third-order valence-electron chi connectivity index (χ3n) is 4.34. The van der Waals surface area contributed by atoms with Crippen molar-refractivity contribution >= 4 is 0 Å². The third kappa shape index (κ3) is 2.31. The van der Waals surface area contributed by atoms with Crippen molar-refractivity contribution in [3.8, 4) is 11.6 Å². The normalized spacial score (nSPS) is 28.1. The van der Waals surface area contributed by atoms with Crippen LogP contribution in [0.1, 0.15) is 17.4 Å². The van der Waals surface area contributed by atoms with E-state index >= 15 is 0 Å². The molecule has 3 N–H and O–H groups in total. The van der Waals surface area contributed by atoms with Gasteiger partial charge in [0.2, 0.25) is 5.88 Å². The molecule has 1 saturated heterocycles. The summed E-state index contributed by atoms with van der Waals surface area (Å²) >= 11 is 0. The Labute approximate surface area is 136 Å². The Balaban J connectivity index is 1.72. The standard InChI is InChI=1S/C16H16N2O6/c19-7-11-12(20)13(21)15(24-11)18-6-9-5-8-3-1-2-4-10(8)23-14(9)17-16(18)22/h1-4,6,11-13,15,19-21H,5,7H2/t11-,12-,13-,15-/m1/s1. The van der Waals surface area contributed by atoms with Crippen LogP contribution in [-0.4, -0.2) is 49.8 Å². The Morgan fingerprint density at radius 2 is 2.00 bits per heavy atom. The zero-order valence-corrected chi connectivity index (χ0v) is 12.6. The molecule has 3 heterocycles. The van der Waals surface area contributed by atoms with Gasteiger partial charge in [-0.3, -0.25) is 4.57 Å². The zero-order chi connectivity index (χ0) is 16.8. The van der Waals surface area contributed by atoms with Crippen LogP contribution < -0.4 is 10.4 Å². The van der Waals surface area contributed by atoms with Crippen molar-refractivity contribution in [3.63, 3.8) is 0 Å². The fourth-order valence-corrected chi connectivity index (χ4v) is 3.06. The second kappa shape index (κ2) is 5.67. The first-order valence-corrected chi connectivity index (χ1v) is 7.59.